The Morgan fingerprint density at radius 3 is 2.79 bits per heavy atom. The van der Waals surface area contributed by atoms with Crippen LogP contribution in [-0.4, -0.2) is 13.4 Å². The average Bonchev–Trinajstić information content (AvgIpc) is 2.54. The highest BCUT2D eigenvalue weighted by molar-refractivity contribution is 7.98. The van der Waals surface area contributed by atoms with Gasteiger partial charge in [-0.2, -0.15) is 0 Å². The molecule has 0 saturated carbocycles. The van der Waals surface area contributed by atoms with Crippen molar-refractivity contribution in [3.8, 4) is 5.75 Å². The number of thiophene rings is 1. The molecule has 0 aliphatic carbocycles. The van der Waals surface area contributed by atoms with E-state index in [0.29, 0.717) is 0 Å². The topological polar surface area (TPSA) is 9.23 Å². The second-order valence-electron chi connectivity index (χ2n) is 2.80. The molecular weight excluding hydrogens is 236 g/mol. The van der Waals surface area contributed by atoms with Crippen LogP contribution in [0.15, 0.2) is 23.1 Å². The number of halogens is 1. The predicted molar refractivity (Wildman–Crippen MR) is 65.2 cm³/mol. The van der Waals surface area contributed by atoms with Gasteiger partial charge in [-0.1, -0.05) is 11.6 Å². The fraction of sp³-hybridized carbons (Fsp3) is 0.200. The van der Waals surface area contributed by atoms with Gasteiger partial charge in [0.2, 0.25) is 0 Å². The second kappa shape index (κ2) is 4.01. The van der Waals surface area contributed by atoms with E-state index >= 15 is 0 Å². The van der Waals surface area contributed by atoms with E-state index in [2.05, 4.69) is 6.07 Å². The number of benzene rings is 1. The summed E-state index contributed by atoms with van der Waals surface area (Å²) in [7, 11) is 1.69. The van der Waals surface area contributed by atoms with Crippen molar-refractivity contribution in [1.82, 2.24) is 0 Å². The molecule has 0 spiro atoms. The molecule has 0 radical (unpaired) electrons. The predicted octanol–water partition coefficient (Wildman–Crippen LogP) is 4.29. The van der Waals surface area contributed by atoms with Crippen molar-refractivity contribution in [2.24, 2.45) is 0 Å². The molecule has 0 fully saturated rings. The number of rotatable bonds is 2. The number of hydrogen-bond acceptors (Lipinski definition) is 3. The van der Waals surface area contributed by atoms with Gasteiger partial charge in [0.05, 0.1) is 11.4 Å². The van der Waals surface area contributed by atoms with Gasteiger partial charge in [0, 0.05) is 9.60 Å². The van der Waals surface area contributed by atoms with Crippen LogP contribution in [0.2, 0.25) is 4.34 Å². The number of thioether (sulfide) groups is 1. The summed E-state index contributed by atoms with van der Waals surface area (Å²) in [6.07, 6.45) is 2.04. The van der Waals surface area contributed by atoms with Gasteiger partial charge < -0.3 is 4.74 Å². The van der Waals surface area contributed by atoms with Crippen molar-refractivity contribution in [2.45, 2.75) is 4.90 Å². The number of hydrogen-bond donors (Lipinski definition) is 0. The maximum Gasteiger partial charge on any atom is 0.133 e. The smallest absolute Gasteiger partial charge is 0.133 e. The van der Waals surface area contributed by atoms with Crippen LogP contribution in [0.3, 0.4) is 0 Å². The van der Waals surface area contributed by atoms with Gasteiger partial charge in [-0.25, -0.2) is 0 Å². The van der Waals surface area contributed by atoms with Crippen molar-refractivity contribution in [2.75, 3.05) is 13.4 Å². The third kappa shape index (κ3) is 1.72. The Hall–Kier alpha value is -0.380. The monoisotopic (exact) mass is 244 g/mol. The molecule has 0 N–H and O–H groups in total. The molecule has 0 saturated heterocycles. The Morgan fingerprint density at radius 1 is 1.36 bits per heavy atom. The van der Waals surface area contributed by atoms with Crippen LogP contribution in [0.1, 0.15) is 0 Å². The third-order valence-electron chi connectivity index (χ3n) is 1.99. The van der Waals surface area contributed by atoms with Gasteiger partial charge in [-0.3, -0.25) is 0 Å². The fourth-order valence-corrected chi connectivity index (χ4v) is 3.09. The van der Waals surface area contributed by atoms with Crippen molar-refractivity contribution in [3.05, 3.63) is 22.5 Å². The molecule has 0 aliphatic heterocycles. The number of ether oxygens (including phenoxy) is 1. The lowest BCUT2D eigenvalue weighted by Gasteiger charge is -2.05. The lowest BCUT2D eigenvalue weighted by atomic mass is 10.2. The Morgan fingerprint density at radius 2 is 2.14 bits per heavy atom. The maximum absolute atomic E-state index is 5.95. The highest BCUT2D eigenvalue weighted by atomic mass is 35.5. The maximum atomic E-state index is 5.95. The standard InChI is InChI=1S/C10H9ClOS2/c1-12-7-5-8-6(3-9(7)13-2)4-10(11)14-8/h3-5H,1-2H3. The third-order valence-corrected chi connectivity index (χ3v) is 3.98. The van der Waals surface area contributed by atoms with Crippen molar-refractivity contribution >= 4 is 44.8 Å². The molecule has 1 aromatic carbocycles. The minimum Gasteiger partial charge on any atom is -0.496 e. The van der Waals surface area contributed by atoms with E-state index in [-0.39, 0.29) is 0 Å². The van der Waals surface area contributed by atoms with E-state index in [1.165, 1.54) is 10.1 Å². The van der Waals surface area contributed by atoms with Gasteiger partial charge in [0.1, 0.15) is 5.75 Å². The lowest BCUT2D eigenvalue weighted by molar-refractivity contribution is 0.405. The molecule has 0 atom stereocenters. The van der Waals surface area contributed by atoms with Crippen LogP contribution >= 0.6 is 34.7 Å². The molecule has 1 nitrogen and oxygen atoms in total. The highest BCUT2D eigenvalue weighted by Crippen LogP contribution is 2.37. The van der Waals surface area contributed by atoms with Gasteiger partial charge >= 0.3 is 0 Å². The van der Waals surface area contributed by atoms with Crippen LogP contribution in [0.4, 0.5) is 0 Å². The molecule has 4 heteroatoms. The number of methoxy groups -OCH3 is 1. The summed E-state index contributed by atoms with van der Waals surface area (Å²) in [4.78, 5) is 1.15. The summed E-state index contributed by atoms with van der Waals surface area (Å²) in [5.41, 5.74) is 0. The molecule has 1 aromatic heterocycles. The summed E-state index contributed by atoms with van der Waals surface area (Å²) in [6, 6.07) is 6.14. The van der Waals surface area contributed by atoms with Crippen LogP contribution < -0.4 is 4.74 Å². The Kier molecular flexibility index (Phi) is 2.91. The number of fused-ring (bicyclic) bond motifs is 1. The van der Waals surface area contributed by atoms with Gasteiger partial charge in [-0.15, -0.1) is 23.1 Å². The zero-order valence-corrected chi connectivity index (χ0v) is 10.2. The van der Waals surface area contributed by atoms with Crippen LogP contribution in [0.5, 0.6) is 5.75 Å². The summed E-state index contributed by atoms with van der Waals surface area (Å²) >= 11 is 9.20. The molecule has 0 bridgehead atoms. The molecule has 14 heavy (non-hydrogen) atoms. The van der Waals surface area contributed by atoms with Crippen LogP contribution in [0.25, 0.3) is 10.1 Å². The van der Waals surface area contributed by atoms with E-state index in [0.717, 1.165) is 15.0 Å². The van der Waals surface area contributed by atoms with Crippen molar-refractivity contribution < 1.29 is 4.74 Å². The van der Waals surface area contributed by atoms with E-state index in [1.807, 2.05) is 18.4 Å². The first-order valence-electron chi connectivity index (χ1n) is 4.05. The minimum absolute atomic E-state index is 0.820. The first-order chi connectivity index (χ1) is 6.74. The molecule has 1 heterocycles. The fourth-order valence-electron chi connectivity index (χ4n) is 1.33. The average molecular weight is 245 g/mol. The molecular formula is C10H9ClOS2. The van der Waals surface area contributed by atoms with Crippen LogP contribution in [0, 0.1) is 0 Å². The van der Waals surface area contributed by atoms with Crippen molar-refractivity contribution in [3.63, 3.8) is 0 Å². The summed E-state index contributed by atoms with van der Waals surface area (Å²) in [5.74, 6) is 0.920. The Labute approximate surface area is 96.0 Å². The molecule has 0 aliphatic rings. The largest absolute Gasteiger partial charge is 0.496 e. The van der Waals surface area contributed by atoms with E-state index in [1.54, 1.807) is 30.2 Å². The van der Waals surface area contributed by atoms with E-state index in [4.69, 9.17) is 16.3 Å². The second-order valence-corrected chi connectivity index (χ2v) is 5.36. The molecule has 74 valence electrons. The SMILES string of the molecule is COc1cc2sc(Cl)cc2cc1SC. The Balaban J connectivity index is 2.68. The highest BCUT2D eigenvalue weighted by Gasteiger charge is 2.06. The molecule has 2 rings (SSSR count). The molecule has 0 unspecified atom stereocenters. The molecule has 0 amide bonds. The first kappa shape index (κ1) is 10.1. The minimum atomic E-state index is 0.820. The first-order valence-corrected chi connectivity index (χ1v) is 6.47. The molecule has 2 aromatic rings. The summed E-state index contributed by atoms with van der Waals surface area (Å²) in [6.45, 7) is 0. The zero-order chi connectivity index (χ0) is 10.1. The Bertz CT molecular complexity index is 423. The normalized spacial score (nSPS) is 10.8. The zero-order valence-electron chi connectivity index (χ0n) is 7.83. The van der Waals surface area contributed by atoms with E-state index in [9.17, 15) is 0 Å². The van der Waals surface area contributed by atoms with Crippen LogP contribution in [-0.2, 0) is 0 Å². The summed E-state index contributed by atoms with van der Waals surface area (Å²) in [5, 5.41) is 1.19. The van der Waals surface area contributed by atoms with Gasteiger partial charge in [0.15, 0.2) is 0 Å². The quantitative estimate of drug-likeness (QED) is 0.729. The van der Waals surface area contributed by atoms with E-state index < -0.39 is 0 Å². The van der Waals surface area contributed by atoms with Gasteiger partial charge in [0.25, 0.3) is 0 Å². The lowest BCUT2D eigenvalue weighted by Crippen LogP contribution is -1.84. The summed E-state index contributed by atoms with van der Waals surface area (Å²) < 4.78 is 7.29. The van der Waals surface area contributed by atoms with Crippen molar-refractivity contribution in [1.29, 1.82) is 0 Å². The van der Waals surface area contributed by atoms with Gasteiger partial charge in [-0.05, 0) is 29.8 Å².